The van der Waals surface area contributed by atoms with Crippen molar-refractivity contribution < 1.29 is 9.90 Å². The number of halogens is 1. The SMILES string of the molecule is CC(C)(C)C(=O)c1ccc(I)cc1O. The van der Waals surface area contributed by atoms with Gasteiger partial charge in [0.05, 0.1) is 5.56 Å². The van der Waals surface area contributed by atoms with Crippen molar-refractivity contribution in [3.05, 3.63) is 27.3 Å². The van der Waals surface area contributed by atoms with E-state index in [-0.39, 0.29) is 11.5 Å². The fourth-order valence-electron chi connectivity index (χ4n) is 1.10. The lowest BCUT2D eigenvalue weighted by atomic mass is 9.86. The molecule has 1 aromatic rings. The maximum absolute atomic E-state index is 11.8. The summed E-state index contributed by atoms with van der Waals surface area (Å²) in [4.78, 5) is 11.8. The molecule has 0 fully saturated rings. The van der Waals surface area contributed by atoms with Gasteiger partial charge in [0.1, 0.15) is 5.75 Å². The zero-order valence-corrected chi connectivity index (χ0v) is 10.6. The molecule has 0 aliphatic carbocycles. The monoisotopic (exact) mass is 304 g/mol. The molecule has 0 amide bonds. The third-order valence-electron chi connectivity index (χ3n) is 1.89. The van der Waals surface area contributed by atoms with Gasteiger partial charge in [-0.2, -0.15) is 0 Å². The second-order valence-corrected chi connectivity index (χ2v) is 5.49. The van der Waals surface area contributed by atoms with E-state index >= 15 is 0 Å². The number of aromatic hydroxyl groups is 1. The Morgan fingerprint density at radius 2 is 1.93 bits per heavy atom. The predicted molar refractivity (Wildman–Crippen MR) is 64.6 cm³/mol. The molecule has 0 saturated carbocycles. The number of carbonyl (C=O) groups is 1. The van der Waals surface area contributed by atoms with E-state index in [4.69, 9.17) is 0 Å². The van der Waals surface area contributed by atoms with Crippen molar-refractivity contribution in [2.24, 2.45) is 5.41 Å². The van der Waals surface area contributed by atoms with Crippen molar-refractivity contribution in [1.82, 2.24) is 0 Å². The van der Waals surface area contributed by atoms with Gasteiger partial charge in [0.15, 0.2) is 5.78 Å². The Morgan fingerprint density at radius 3 is 2.36 bits per heavy atom. The van der Waals surface area contributed by atoms with Crippen LogP contribution in [0.5, 0.6) is 5.75 Å². The van der Waals surface area contributed by atoms with E-state index in [1.165, 1.54) is 0 Å². The highest BCUT2D eigenvalue weighted by molar-refractivity contribution is 14.1. The van der Waals surface area contributed by atoms with Crippen molar-refractivity contribution in [3.63, 3.8) is 0 Å². The van der Waals surface area contributed by atoms with Gasteiger partial charge in [0.25, 0.3) is 0 Å². The highest BCUT2D eigenvalue weighted by Crippen LogP contribution is 2.27. The third kappa shape index (κ3) is 2.47. The second kappa shape index (κ2) is 3.88. The molecule has 76 valence electrons. The molecule has 2 nitrogen and oxygen atoms in total. The normalized spacial score (nSPS) is 11.4. The molecular formula is C11H13IO2. The van der Waals surface area contributed by atoms with E-state index in [9.17, 15) is 9.90 Å². The zero-order valence-electron chi connectivity index (χ0n) is 8.47. The standard InChI is InChI=1S/C11H13IO2/c1-11(2,3)10(14)8-5-4-7(12)6-9(8)13/h4-6,13H,1-3H3. The average Bonchev–Trinajstić information content (AvgIpc) is 2.01. The first kappa shape index (κ1) is 11.5. The first-order chi connectivity index (χ1) is 6.32. The topological polar surface area (TPSA) is 37.3 Å². The van der Waals surface area contributed by atoms with Crippen molar-refractivity contribution in [3.8, 4) is 5.75 Å². The van der Waals surface area contributed by atoms with Crippen molar-refractivity contribution in [1.29, 1.82) is 0 Å². The number of benzene rings is 1. The van der Waals surface area contributed by atoms with E-state index in [2.05, 4.69) is 22.6 Å². The summed E-state index contributed by atoms with van der Waals surface area (Å²) >= 11 is 2.10. The summed E-state index contributed by atoms with van der Waals surface area (Å²) in [5, 5.41) is 9.60. The fraction of sp³-hybridized carbons (Fsp3) is 0.364. The fourth-order valence-corrected chi connectivity index (χ4v) is 1.58. The summed E-state index contributed by atoms with van der Waals surface area (Å²) in [6, 6.07) is 5.09. The minimum absolute atomic E-state index is 0.0357. The Hall–Kier alpha value is -0.580. The molecule has 0 radical (unpaired) electrons. The molecule has 0 saturated heterocycles. The largest absolute Gasteiger partial charge is 0.507 e. The minimum Gasteiger partial charge on any atom is -0.507 e. The van der Waals surface area contributed by atoms with E-state index in [0.717, 1.165) is 3.57 Å². The Labute approximate surface area is 97.5 Å². The van der Waals surface area contributed by atoms with Crippen molar-refractivity contribution in [2.45, 2.75) is 20.8 Å². The lowest BCUT2D eigenvalue weighted by Gasteiger charge is -2.17. The number of ketones is 1. The molecule has 0 heterocycles. The van der Waals surface area contributed by atoms with Crippen LogP contribution in [-0.4, -0.2) is 10.9 Å². The van der Waals surface area contributed by atoms with Gasteiger partial charge in [-0.1, -0.05) is 20.8 Å². The molecule has 14 heavy (non-hydrogen) atoms. The number of hydrogen-bond donors (Lipinski definition) is 1. The van der Waals surface area contributed by atoms with Crippen LogP contribution in [0.25, 0.3) is 0 Å². The molecule has 0 unspecified atom stereocenters. The van der Waals surface area contributed by atoms with Gasteiger partial charge in [0, 0.05) is 8.99 Å². The molecule has 0 aromatic heterocycles. The quantitative estimate of drug-likeness (QED) is 0.639. The molecule has 0 bridgehead atoms. The van der Waals surface area contributed by atoms with Gasteiger partial charge in [-0.05, 0) is 40.8 Å². The van der Waals surface area contributed by atoms with E-state index in [1.807, 2.05) is 26.8 Å². The number of carbonyl (C=O) groups excluding carboxylic acids is 1. The third-order valence-corrected chi connectivity index (χ3v) is 2.56. The lowest BCUT2D eigenvalue weighted by molar-refractivity contribution is 0.0855. The van der Waals surface area contributed by atoms with Crippen molar-refractivity contribution >= 4 is 28.4 Å². The summed E-state index contributed by atoms with van der Waals surface area (Å²) in [6.45, 7) is 5.52. The molecule has 0 aliphatic rings. The minimum atomic E-state index is -0.454. The summed E-state index contributed by atoms with van der Waals surface area (Å²) in [6.07, 6.45) is 0. The number of rotatable bonds is 1. The second-order valence-electron chi connectivity index (χ2n) is 4.24. The lowest BCUT2D eigenvalue weighted by Crippen LogP contribution is -2.20. The van der Waals surface area contributed by atoms with Crippen LogP contribution in [0, 0.1) is 8.99 Å². The highest BCUT2D eigenvalue weighted by atomic mass is 127. The van der Waals surface area contributed by atoms with Crippen molar-refractivity contribution in [2.75, 3.05) is 0 Å². The summed E-state index contributed by atoms with van der Waals surface area (Å²) in [5.74, 6) is 0.0308. The molecule has 1 aromatic carbocycles. The van der Waals surface area contributed by atoms with Gasteiger partial charge >= 0.3 is 0 Å². The zero-order chi connectivity index (χ0) is 10.9. The Kier molecular flexibility index (Phi) is 3.19. The van der Waals surface area contributed by atoms with Crippen LogP contribution in [0.2, 0.25) is 0 Å². The smallest absolute Gasteiger partial charge is 0.171 e. The van der Waals surface area contributed by atoms with Crippen LogP contribution in [0.4, 0.5) is 0 Å². The summed E-state index contributed by atoms with van der Waals surface area (Å²) in [5.41, 5.74) is -0.0532. The van der Waals surface area contributed by atoms with Gasteiger partial charge < -0.3 is 5.11 Å². The van der Waals surface area contributed by atoms with Gasteiger partial charge in [-0.15, -0.1) is 0 Å². The first-order valence-corrected chi connectivity index (χ1v) is 5.43. The average molecular weight is 304 g/mol. The summed E-state index contributed by atoms with van der Waals surface area (Å²) < 4.78 is 0.922. The van der Waals surface area contributed by atoms with Crippen LogP contribution in [0.3, 0.4) is 0 Å². The van der Waals surface area contributed by atoms with Gasteiger partial charge in [-0.25, -0.2) is 0 Å². The summed E-state index contributed by atoms with van der Waals surface area (Å²) in [7, 11) is 0. The van der Waals surface area contributed by atoms with E-state index < -0.39 is 5.41 Å². The van der Waals surface area contributed by atoms with Crippen LogP contribution < -0.4 is 0 Å². The molecule has 0 atom stereocenters. The molecule has 1 N–H and O–H groups in total. The van der Waals surface area contributed by atoms with Crippen LogP contribution in [0.15, 0.2) is 18.2 Å². The van der Waals surface area contributed by atoms with Gasteiger partial charge in [-0.3, -0.25) is 4.79 Å². The molecule has 0 aliphatic heterocycles. The molecular weight excluding hydrogens is 291 g/mol. The Morgan fingerprint density at radius 1 is 1.36 bits per heavy atom. The number of Topliss-reactive ketones (excluding diaryl/α,β-unsaturated/α-hetero) is 1. The maximum Gasteiger partial charge on any atom is 0.171 e. The number of phenols is 1. The molecule has 0 spiro atoms. The van der Waals surface area contributed by atoms with E-state index in [0.29, 0.717) is 5.56 Å². The van der Waals surface area contributed by atoms with Crippen LogP contribution >= 0.6 is 22.6 Å². The first-order valence-electron chi connectivity index (χ1n) is 4.35. The van der Waals surface area contributed by atoms with Crippen LogP contribution in [0.1, 0.15) is 31.1 Å². The Balaban J connectivity index is 3.15. The maximum atomic E-state index is 11.8. The predicted octanol–water partition coefficient (Wildman–Crippen LogP) is 3.23. The molecule has 1 rings (SSSR count). The van der Waals surface area contributed by atoms with Crippen LogP contribution in [-0.2, 0) is 0 Å². The number of hydrogen-bond acceptors (Lipinski definition) is 2. The van der Waals surface area contributed by atoms with Gasteiger partial charge in [0.2, 0.25) is 0 Å². The molecule has 3 heteroatoms. The number of phenolic OH excluding ortho intramolecular Hbond substituents is 1. The Bertz CT molecular complexity index is 364. The highest BCUT2D eigenvalue weighted by Gasteiger charge is 2.25. The van der Waals surface area contributed by atoms with E-state index in [1.54, 1.807) is 12.1 Å².